The molecule has 5 heteroatoms. The molecule has 35 heavy (non-hydrogen) atoms. The van der Waals surface area contributed by atoms with Crippen LogP contribution in [0.15, 0.2) is 11.6 Å². The molecule has 3 fully saturated rings. The van der Waals surface area contributed by atoms with Gasteiger partial charge >= 0.3 is 0 Å². The Labute approximate surface area is 212 Å². The molecule has 5 nitrogen and oxygen atoms in total. The van der Waals surface area contributed by atoms with Crippen molar-refractivity contribution in [2.24, 2.45) is 45.3 Å². The van der Waals surface area contributed by atoms with Crippen molar-refractivity contribution in [2.75, 3.05) is 0 Å². The van der Waals surface area contributed by atoms with Crippen LogP contribution in [0.3, 0.4) is 0 Å². The van der Waals surface area contributed by atoms with Crippen LogP contribution in [-0.2, 0) is 4.79 Å². The van der Waals surface area contributed by atoms with Crippen LogP contribution >= 0.6 is 0 Å². The van der Waals surface area contributed by atoms with Gasteiger partial charge in [-0.15, -0.1) is 0 Å². The first-order valence-electron chi connectivity index (χ1n) is 13.9. The maximum Gasteiger partial charge on any atom is 0.138 e. The van der Waals surface area contributed by atoms with Crippen molar-refractivity contribution in [3.05, 3.63) is 11.6 Å². The van der Waals surface area contributed by atoms with Crippen molar-refractivity contribution in [3.8, 4) is 0 Å². The maximum absolute atomic E-state index is 12.8. The molecule has 4 aliphatic carbocycles. The lowest BCUT2D eigenvalue weighted by Crippen LogP contribution is -2.58. The number of carbonyl (C=O) groups excluding carboxylic acids is 1. The first-order chi connectivity index (χ1) is 15.9. The quantitative estimate of drug-likeness (QED) is 0.421. The molecular weight excluding hydrogens is 440 g/mol. The van der Waals surface area contributed by atoms with Crippen LogP contribution in [0.5, 0.6) is 0 Å². The van der Waals surface area contributed by atoms with E-state index in [-0.39, 0.29) is 33.5 Å². The van der Waals surface area contributed by atoms with Gasteiger partial charge in [-0.2, -0.15) is 0 Å². The fraction of sp³-hybridized carbons (Fsp3) is 0.900. The topological polar surface area (TPSA) is 98.0 Å². The highest BCUT2D eigenvalue weighted by Gasteiger charge is 2.65. The predicted octanol–water partition coefficient (Wildman–Crippen LogP) is 4.65. The summed E-state index contributed by atoms with van der Waals surface area (Å²) in [6.45, 7) is 16.5. The predicted molar refractivity (Wildman–Crippen MR) is 137 cm³/mol. The second kappa shape index (κ2) is 8.38. The molecule has 10 atom stereocenters. The molecule has 0 aromatic rings. The van der Waals surface area contributed by atoms with E-state index in [2.05, 4.69) is 40.7 Å². The third kappa shape index (κ3) is 3.73. The number of Topliss-reactive ketones (excluding diaryl/α,β-unsaturated/α-hetero) is 1. The van der Waals surface area contributed by atoms with E-state index in [1.165, 1.54) is 13.8 Å². The van der Waals surface area contributed by atoms with Crippen molar-refractivity contribution >= 4 is 5.78 Å². The summed E-state index contributed by atoms with van der Waals surface area (Å²) in [7, 11) is 0. The summed E-state index contributed by atoms with van der Waals surface area (Å²) >= 11 is 0. The second-order valence-electron chi connectivity index (χ2n) is 14.5. The number of hydrogen-bond acceptors (Lipinski definition) is 5. The van der Waals surface area contributed by atoms with E-state index in [9.17, 15) is 25.2 Å². The van der Waals surface area contributed by atoms with Gasteiger partial charge in [0.2, 0.25) is 0 Å². The van der Waals surface area contributed by atoms with E-state index in [4.69, 9.17) is 0 Å². The van der Waals surface area contributed by atoms with Gasteiger partial charge in [0.1, 0.15) is 18.0 Å². The highest BCUT2D eigenvalue weighted by atomic mass is 16.4. The molecular formula is C30H50O5. The van der Waals surface area contributed by atoms with Crippen LogP contribution in [-0.4, -0.2) is 50.1 Å². The Balaban J connectivity index is 1.63. The fourth-order valence-corrected chi connectivity index (χ4v) is 9.55. The third-order valence-corrected chi connectivity index (χ3v) is 12.2. The van der Waals surface area contributed by atoms with E-state index < -0.39 is 23.9 Å². The molecule has 200 valence electrons. The summed E-state index contributed by atoms with van der Waals surface area (Å²) in [6, 6.07) is 0. The molecule has 0 heterocycles. The van der Waals surface area contributed by atoms with Gasteiger partial charge in [0.15, 0.2) is 0 Å². The lowest BCUT2D eigenvalue weighted by Gasteiger charge is -2.63. The molecule has 0 aromatic carbocycles. The smallest absolute Gasteiger partial charge is 0.138 e. The van der Waals surface area contributed by atoms with Gasteiger partial charge < -0.3 is 20.4 Å². The Morgan fingerprint density at radius 2 is 1.60 bits per heavy atom. The molecule has 0 spiro atoms. The van der Waals surface area contributed by atoms with Crippen LogP contribution in [0.2, 0.25) is 0 Å². The fourth-order valence-electron chi connectivity index (χ4n) is 9.55. The number of hydrogen-bond donors (Lipinski definition) is 4. The second-order valence-corrected chi connectivity index (χ2v) is 14.5. The van der Waals surface area contributed by atoms with Crippen LogP contribution in [0.1, 0.15) is 100 Å². The van der Waals surface area contributed by atoms with E-state index in [0.717, 1.165) is 38.5 Å². The number of aliphatic hydroxyl groups is 4. The number of ketones is 1. The van der Waals surface area contributed by atoms with Crippen LogP contribution in [0.25, 0.3) is 0 Å². The minimum Gasteiger partial charge on any atom is -0.390 e. The zero-order valence-corrected chi connectivity index (χ0v) is 23.3. The first kappa shape index (κ1) is 27.3. The lowest BCUT2D eigenvalue weighted by molar-refractivity contribution is -0.158. The average Bonchev–Trinajstić information content (AvgIpc) is 3.05. The summed E-state index contributed by atoms with van der Waals surface area (Å²) in [5.41, 5.74) is -0.0314. The van der Waals surface area contributed by atoms with E-state index in [1.54, 1.807) is 5.57 Å². The van der Waals surface area contributed by atoms with Crippen molar-refractivity contribution < 1.29 is 25.2 Å². The van der Waals surface area contributed by atoms with Crippen molar-refractivity contribution in [1.29, 1.82) is 0 Å². The summed E-state index contributed by atoms with van der Waals surface area (Å²) in [5, 5.41) is 42.4. The minimum absolute atomic E-state index is 0.0155. The maximum atomic E-state index is 12.8. The van der Waals surface area contributed by atoms with Crippen LogP contribution < -0.4 is 0 Å². The van der Waals surface area contributed by atoms with Gasteiger partial charge in [-0.05, 0) is 92.3 Å². The van der Waals surface area contributed by atoms with Crippen LogP contribution in [0, 0.1) is 45.3 Å². The standard InChI is InChI=1S/C30H50O5/c1-17(23(32)24(33)25(34)27(4,5)35)18-11-15-30(8)20-9-10-21-26(2,3)22(31)13-14-28(21,6)19(20)12-16-29(18,30)7/h9,17-19,21,23-25,32-35H,10-16H2,1-8H3/t17-,18+,19+,21+,23-,24+,25+,28-,29+,30-/m1/s1. The normalized spacial score (nSPS) is 44.4. The minimum atomic E-state index is -1.49. The molecule has 0 aliphatic heterocycles. The van der Waals surface area contributed by atoms with E-state index in [0.29, 0.717) is 24.0 Å². The summed E-state index contributed by atoms with van der Waals surface area (Å²) in [4.78, 5) is 12.8. The van der Waals surface area contributed by atoms with Gasteiger partial charge in [0.05, 0.1) is 11.7 Å². The van der Waals surface area contributed by atoms with E-state index >= 15 is 0 Å². The van der Waals surface area contributed by atoms with Crippen molar-refractivity contribution in [1.82, 2.24) is 0 Å². The SMILES string of the molecule is C[C@@H]([C@@H](O)[C@H](O)[C@H](O)C(C)(C)O)[C@@H]1CC[C@]2(C)C3=CC[C@H]4C(C)(C)C(=O)CC[C@]4(C)[C@H]3CC[C@@]12C. The van der Waals surface area contributed by atoms with Gasteiger partial charge in [0, 0.05) is 11.8 Å². The first-order valence-corrected chi connectivity index (χ1v) is 13.9. The van der Waals surface area contributed by atoms with E-state index in [1.807, 2.05) is 6.92 Å². The Kier molecular flexibility index (Phi) is 6.53. The van der Waals surface area contributed by atoms with Crippen molar-refractivity contribution in [3.63, 3.8) is 0 Å². The lowest BCUT2D eigenvalue weighted by atomic mass is 9.41. The Morgan fingerprint density at radius 3 is 2.20 bits per heavy atom. The largest absolute Gasteiger partial charge is 0.390 e. The molecule has 0 amide bonds. The molecule has 0 unspecified atom stereocenters. The van der Waals surface area contributed by atoms with Gasteiger partial charge in [-0.25, -0.2) is 0 Å². The molecule has 4 rings (SSSR count). The van der Waals surface area contributed by atoms with Gasteiger partial charge in [0.25, 0.3) is 0 Å². The number of allylic oxidation sites excluding steroid dienone is 2. The summed E-state index contributed by atoms with van der Waals surface area (Å²) in [5.74, 6) is 1.30. The zero-order chi connectivity index (χ0) is 26.4. The molecule has 0 saturated heterocycles. The average molecular weight is 491 g/mol. The zero-order valence-electron chi connectivity index (χ0n) is 23.3. The number of carbonyl (C=O) groups is 1. The summed E-state index contributed by atoms with van der Waals surface area (Å²) < 4.78 is 0. The molecule has 0 aromatic heterocycles. The highest BCUT2D eigenvalue weighted by Crippen LogP contribution is 2.73. The van der Waals surface area contributed by atoms with Gasteiger partial charge in [-0.1, -0.05) is 53.2 Å². The molecule has 3 saturated carbocycles. The Hall–Kier alpha value is -0.750. The number of rotatable bonds is 5. The number of aliphatic hydroxyl groups excluding tert-OH is 3. The summed E-state index contributed by atoms with van der Waals surface area (Å²) in [6.07, 6.45) is 5.41. The van der Waals surface area contributed by atoms with Crippen molar-refractivity contribution in [2.45, 2.75) is 124 Å². The highest BCUT2D eigenvalue weighted by molar-refractivity contribution is 5.85. The molecule has 4 N–H and O–H groups in total. The third-order valence-electron chi connectivity index (χ3n) is 12.2. The van der Waals surface area contributed by atoms with Crippen LogP contribution in [0.4, 0.5) is 0 Å². The molecule has 0 bridgehead atoms. The van der Waals surface area contributed by atoms with Gasteiger partial charge in [-0.3, -0.25) is 4.79 Å². The molecule has 0 radical (unpaired) electrons. The Morgan fingerprint density at radius 1 is 0.971 bits per heavy atom. The monoisotopic (exact) mass is 490 g/mol. The number of fused-ring (bicyclic) bond motifs is 5. The molecule has 4 aliphatic rings. The Bertz CT molecular complexity index is 886.